The van der Waals surface area contributed by atoms with Gasteiger partial charge in [-0.3, -0.25) is 4.90 Å². The van der Waals surface area contributed by atoms with Crippen molar-refractivity contribution in [3.63, 3.8) is 0 Å². The molecule has 2 rings (SSSR count). The molecule has 2 aliphatic heterocycles. The second-order valence-corrected chi connectivity index (χ2v) is 5.38. The summed E-state index contributed by atoms with van der Waals surface area (Å²) in [5.74, 6) is 1.58. The molecule has 1 N–H and O–H groups in total. The summed E-state index contributed by atoms with van der Waals surface area (Å²) in [4.78, 5) is 2.70. The van der Waals surface area contributed by atoms with E-state index in [0.717, 1.165) is 37.6 Å². The highest BCUT2D eigenvalue weighted by Gasteiger charge is 2.29. The lowest BCUT2D eigenvalue weighted by Crippen LogP contribution is -2.55. The van der Waals surface area contributed by atoms with Crippen LogP contribution in [-0.4, -0.2) is 50.3 Å². The van der Waals surface area contributed by atoms with Gasteiger partial charge < -0.3 is 10.1 Å². The number of hydrogen-bond donors (Lipinski definition) is 1. The lowest BCUT2D eigenvalue weighted by molar-refractivity contribution is 0.0915. The largest absolute Gasteiger partial charge is 0.381 e. The molecular formula is C13H26N2O. The van der Waals surface area contributed by atoms with Crippen molar-refractivity contribution in [3.05, 3.63) is 0 Å². The van der Waals surface area contributed by atoms with Gasteiger partial charge in [0.15, 0.2) is 0 Å². The average Bonchev–Trinajstić information content (AvgIpc) is 2.82. The highest BCUT2D eigenvalue weighted by atomic mass is 16.5. The van der Waals surface area contributed by atoms with Crippen molar-refractivity contribution in [1.29, 1.82) is 0 Å². The van der Waals surface area contributed by atoms with E-state index in [1.54, 1.807) is 0 Å². The molecule has 2 heterocycles. The summed E-state index contributed by atoms with van der Waals surface area (Å²) in [6.45, 7) is 11.4. The monoisotopic (exact) mass is 226 g/mol. The van der Waals surface area contributed by atoms with Crippen molar-refractivity contribution in [2.45, 2.75) is 32.7 Å². The van der Waals surface area contributed by atoms with Gasteiger partial charge in [0.25, 0.3) is 0 Å². The van der Waals surface area contributed by atoms with Gasteiger partial charge >= 0.3 is 0 Å². The Bertz CT molecular complexity index is 204. The SMILES string of the molecule is CCC(C)C1CNCCN1CC1CCOC1. The van der Waals surface area contributed by atoms with Crippen LogP contribution < -0.4 is 5.32 Å². The van der Waals surface area contributed by atoms with Crippen molar-refractivity contribution in [2.75, 3.05) is 39.4 Å². The second-order valence-electron chi connectivity index (χ2n) is 5.38. The summed E-state index contributed by atoms with van der Waals surface area (Å²) in [6.07, 6.45) is 2.54. The van der Waals surface area contributed by atoms with E-state index in [1.165, 1.54) is 32.5 Å². The Hall–Kier alpha value is -0.120. The van der Waals surface area contributed by atoms with Gasteiger partial charge in [-0.25, -0.2) is 0 Å². The highest BCUT2D eigenvalue weighted by Crippen LogP contribution is 2.21. The molecule has 3 heteroatoms. The molecule has 0 amide bonds. The highest BCUT2D eigenvalue weighted by molar-refractivity contribution is 4.85. The zero-order valence-corrected chi connectivity index (χ0v) is 10.7. The van der Waals surface area contributed by atoms with Crippen molar-refractivity contribution >= 4 is 0 Å². The van der Waals surface area contributed by atoms with Gasteiger partial charge in [0.05, 0.1) is 6.61 Å². The standard InChI is InChI=1S/C13H26N2O/c1-3-11(2)13-8-14-5-6-15(13)9-12-4-7-16-10-12/h11-14H,3-10H2,1-2H3. The van der Waals surface area contributed by atoms with Gasteiger partial charge in [0.2, 0.25) is 0 Å². The molecule has 16 heavy (non-hydrogen) atoms. The molecule has 3 nitrogen and oxygen atoms in total. The summed E-state index contributed by atoms with van der Waals surface area (Å²) >= 11 is 0. The molecule has 2 aliphatic rings. The molecule has 0 spiro atoms. The van der Waals surface area contributed by atoms with Crippen LogP contribution in [0.4, 0.5) is 0 Å². The molecule has 0 aromatic rings. The quantitative estimate of drug-likeness (QED) is 0.783. The smallest absolute Gasteiger partial charge is 0.0507 e. The minimum Gasteiger partial charge on any atom is -0.381 e. The first-order valence-electron chi connectivity index (χ1n) is 6.83. The van der Waals surface area contributed by atoms with E-state index in [0.29, 0.717) is 0 Å². The Morgan fingerprint density at radius 3 is 3.06 bits per heavy atom. The van der Waals surface area contributed by atoms with Crippen LogP contribution in [0.1, 0.15) is 26.7 Å². The molecule has 2 saturated heterocycles. The fourth-order valence-electron chi connectivity index (χ4n) is 2.89. The van der Waals surface area contributed by atoms with Crippen LogP contribution in [0.5, 0.6) is 0 Å². The normalized spacial score (nSPS) is 34.1. The van der Waals surface area contributed by atoms with Gasteiger partial charge in [-0.2, -0.15) is 0 Å². The van der Waals surface area contributed by atoms with E-state index in [1.807, 2.05) is 0 Å². The van der Waals surface area contributed by atoms with Crippen molar-refractivity contribution in [2.24, 2.45) is 11.8 Å². The average molecular weight is 226 g/mol. The zero-order chi connectivity index (χ0) is 11.4. The molecule has 0 saturated carbocycles. The van der Waals surface area contributed by atoms with E-state index in [2.05, 4.69) is 24.1 Å². The first-order valence-corrected chi connectivity index (χ1v) is 6.83. The van der Waals surface area contributed by atoms with E-state index in [9.17, 15) is 0 Å². The van der Waals surface area contributed by atoms with E-state index >= 15 is 0 Å². The Balaban J connectivity index is 1.87. The van der Waals surface area contributed by atoms with Crippen molar-refractivity contribution < 1.29 is 4.74 Å². The Kier molecular flexibility index (Phi) is 4.62. The summed E-state index contributed by atoms with van der Waals surface area (Å²) in [5, 5.41) is 3.53. The number of nitrogens with zero attached hydrogens (tertiary/aromatic N) is 1. The summed E-state index contributed by atoms with van der Waals surface area (Å²) in [5.41, 5.74) is 0. The fourth-order valence-corrected chi connectivity index (χ4v) is 2.89. The molecule has 0 aromatic heterocycles. The third-order valence-corrected chi connectivity index (χ3v) is 4.22. The Labute approximate surface area is 99.5 Å². The Morgan fingerprint density at radius 1 is 1.50 bits per heavy atom. The summed E-state index contributed by atoms with van der Waals surface area (Å²) in [6, 6.07) is 0.736. The summed E-state index contributed by atoms with van der Waals surface area (Å²) in [7, 11) is 0. The van der Waals surface area contributed by atoms with Crippen LogP contribution in [0.25, 0.3) is 0 Å². The second kappa shape index (κ2) is 5.99. The van der Waals surface area contributed by atoms with Crippen molar-refractivity contribution in [3.8, 4) is 0 Å². The number of nitrogens with one attached hydrogen (secondary N) is 1. The lowest BCUT2D eigenvalue weighted by Gasteiger charge is -2.40. The molecule has 0 aliphatic carbocycles. The molecule has 3 atom stereocenters. The van der Waals surface area contributed by atoms with Crippen LogP contribution in [0.15, 0.2) is 0 Å². The number of rotatable bonds is 4. The van der Waals surface area contributed by atoms with E-state index < -0.39 is 0 Å². The van der Waals surface area contributed by atoms with Gasteiger partial charge in [-0.1, -0.05) is 20.3 Å². The van der Waals surface area contributed by atoms with Gasteiger partial charge in [0, 0.05) is 38.8 Å². The molecule has 0 radical (unpaired) electrons. The van der Waals surface area contributed by atoms with Crippen LogP contribution in [0.2, 0.25) is 0 Å². The van der Waals surface area contributed by atoms with Crippen LogP contribution in [0, 0.1) is 11.8 Å². The minimum atomic E-state index is 0.736. The molecule has 2 fully saturated rings. The van der Waals surface area contributed by atoms with Gasteiger partial charge in [-0.05, 0) is 18.3 Å². The fraction of sp³-hybridized carbons (Fsp3) is 1.00. The maximum Gasteiger partial charge on any atom is 0.0507 e. The number of ether oxygens (including phenoxy) is 1. The molecule has 0 aromatic carbocycles. The van der Waals surface area contributed by atoms with Gasteiger partial charge in [0.1, 0.15) is 0 Å². The first kappa shape index (κ1) is 12.3. The van der Waals surface area contributed by atoms with E-state index in [4.69, 9.17) is 4.74 Å². The molecular weight excluding hydrogens is 200 g/mol. The third kappa shape index (κ3) is 2.96. The minimum absolute atomic E-state index is 0.736. The van der Waals surface area contributed by atoms with Crippen LogP contribution in [0.3, 0.4) is 0 Å². The first-order chi connectivity index (χ1) is 7.81. The predicted molar refractivity (Wildman–Crippen MR) is 66.6 cm³/mol. The zero-order valence-electron chi connectivity index (χ0n) is 10.7. The number of hydrogen-bond acceptors (Lipinski definition) is 3. The third-order valence-electron chi connectivity index (χ3n) is 4.22. The van der Waals surface area contributed by atoms with Gasteiger partial charge in [-0.15, -0.1) is 0 Å². The molecule has 0 bridgehead atoms. The van der Waals surface area contributed by atoms with Crippen LogP contribution in [-0.2, 0) is 4.74 Å². The number of piperazine rings is 1. The maximum atomic E-state index is 5.48. The maximum absolute atomic E-state index is 5.48. The Morgan fingerprint density at radius 2 is 2.38 bits per heavy atom. The van der Waals surface area contributed by atoms with E-state index in [-0.39, 0.29) is 0 Å². The predicted octanol–water partition coefficient (Wildman–Crippen LogP) is 1.34. The molecule has 3 unspecified atom stereocenters. The molecule has 94 valence electrons. The lowest BCUT2D eigenvalue weighted by atomic mass is 9.94. The van der Waals surface area contributed by atoms with Crippen LogP contribution >= 0.6 is 0 Å². The van der Waals surface area contributed by atoms with Crippen molar-refractivity contribution in [1.82, 2.24) is 10.2 Å². The topological polar surface area (TPSA) is 24.5 Å². The summed E-state index contributed by atoms with van der Waals surface area (Å²) < 4.78 is 5.48.